The molecule has 0 bridgehead atoms. The maximum atomic E-state index is 10.5. The van der Waals surface area contributed by atoms with E-state index in [1.165, 1.54) is 17.1 Å². The van der Waals surface area contributed by atoms with E-state index in [-0.39, 0.29) is 6.10 Å². The molecule has 0 aromatic heterocycles. The fraction of sp³-hybridized carbons (Fsp3) is 0.909. The van der Waals surface area contributed by atoms with E-state index in [1.807, 2.05) is 13.8 Å². The standard InChI is InChI=1S/C9H17NO4S.C2H7OP/c1-2-12-10(8-11)6-3-4-9-5-7-15-14-13-9;1-2-3-4/h8-9H,2-7H2,1H3;2,4H2,1H3. The third-order valence-electron chi connectivity index (χ3n) is 2.23. The number of amides is 1. The van der Waals surface area contributed by atoms with Crippen molar-refractivity contribution in [3.8, 4) is 0 Å². The predicted octanol–water partition coefficient (Wildman–Crippen LogP) is 2.36. The van der Waals surface area contributed by atoms with Gasteiger partial charge < -0.3 is 4.52 Å². The van der Waals surface area contributed by atoms with Crippen LogP contribution in [0.5, 0.6) is 0 Å². The minimum absolute atomic E-state index is 0.154. The number of rotatable bonds is 8. The van der Waals surface area contributed by atoms with Crippen LogP contribution in [0.25, 0.3) is 0 Å². The zero-order valence-corrected chi connectivity index (χ0v) is 13.5. The van der Waals surface area contributed by atoms with Gasteiger partial charge in [-0.3, -0.25) is 9.63 Å². The van der Waals surface area contributed by atoms with Crippen molar-refractivity contribution in [2.24, 2.45) is 0 Å². The Kier molecular flexibility index (Phi) is 14.6. The third kappa shape index (κ3) is 11.6. The van der Waals surface area contributed by atoms with Gasteiger partial charge in [0.2, 0.25) is 6.41 Å². The first-order valence-electron chi connectivity index (χ1n) is 6.39. The van der Waals surface area contributed by atoms with Crippen molar-refractivity contribution in [3.63, 3.8) is 0 Å². The number of hydrogen-bond donors (Lipinski definition) is 0. The second-order valence-electron chi connectivity index (χ2n) is 3.66. The molecule has 1 aliphatic rings. The zero-order chi connectivity index (χ0) is 14.3. The SMILES string of the molecule is CCON(C=O)CCCC1CCSOO1.CCOP. The normalized spacial score (nSPS) is 18.4. The maximum Gasteiger partial charge on any atom is 0.233 e. The minimum atomic E-state index is 0.154. The van der Waals surface area contributed by atoms with Gasteiger partial charge in [0, 0.05) is 40.4 Å². The molecule has 8 heteroatoms. The van der Waals surface area contributed by atoms with E-state index < -0.39 is 0 Å². The first-order valence-corrected chi connectivity index (χ1v) is 7.78. The minimum Gasteiger partial charge on any atom is -0.366 e. The summed E-state index contributed by atoms with van der Waals surface area (Å²) in [5.74, 6) is 0.966. The fourth-order valence-corrected chi connectivity index (χ4v) is 1.92. The number of carbonyl (C=O) groups excluding carboxylic acids is 1. The summed E-state index contributed by atoms with van der Waals surface area (Å²) in [7, 11) is 2.16. The van der Waals surface area contributed by atoms with Crippen molar-refractivity contribution in [3.05, 3.63) is 0 Å². The van der Waals surface area contributed by atoms with Gasteiger partial charge in [-0.15, -0.1) is 0 Å². The van der Waals surface area contributed by atoms with E-state index >= 15 is 0 Å². The monoisotopic (exact) mass is 313 g/mol. The second kappa shape index (κ2) is 14.5. The molecule has 19 heavy (non-hydrogen) atoms. The van der Waals surface area contributed by atoms with Gasteiger partial charge >= 0.3 is 0 Å². The summed E-state index contributed by atoms with van der Waals surface area (Å²) in [4.78, 5) is 20.7. The van der Waals surface area contributed by atoms with Gasteiger partial charge in [0.15, 0.2) is 0 Å². The van der Waals surface area contributed by atoms with Crippen LogP contribution in [0, 0.1) is 0 Å². The van der Waals surface area contributed by atoms with Gasteiger partial charge in [-0.2, -0.15) is 4.33 Å². The Bertz CT molecular complexity index is 206. The van der Waals surface area contributed by atoms with E-state index in [9.17, 15) is 4.79 Å². The third-order valence-corrected chi connectivity index (χ3v) is 3.14. The predicted molar refractivity (Wildman–Crippen MR) is 78.0 cm³/mol. The molecule has 0 N–H and O–H groups in total. The molecule has 0 radical (unpaired) electrons. The van der Waals surface area contributed by atoms with Crippen molar-refractivity contribution in [2.75, 3.05) is 25.5 Å². The fourth-order valence-electron chi connectivity index (χ4n) is 1.33. The van der Waals surface area contributed by atoms with Crippen LogP contribution in [0.1, 0.15) is 33.1 Å². The Morgan fingerprint density at radius 1 is 1.47 bits per heavy atom. The van der Waals surface area contributed by atoms with Crippen LogP contribution in [-0.4, -0.2) is 43.1 Å². The van der Waals surface area contributed by atoms with Crippen molar-refractivity contribution in [2.45, 2.75) is 39.2 Å². The van der Waals surface area contributed by atoms with E-state index in [1.54, 1.807) is 0 Å². The molecule has 1 fully saturated rings. The molecule has 114 valence electrons. The highest BCUT2D eigenvalue weighted by atomic mass is 32.2. The van der Waals surface area contributed by atoms with Gasteiger partial charge in [0.05, 0.1) is 12.7 Å². The highest BCUT2D eigenvalue weighted by Crippen LogP contribution is 2.20. The Morgan fingerprint density at radius 3 is 2.68 bits per heavy atom. The highest BCUT2D eigenvalue weighted by molar-refractivity contribution is 7.94. The summed E-state index contributed by atoms with van der Waals surface area (Å²) in [5.41, 5.74) is 0. The quantitative estimate of drug-likeness (QED) is 0.225. The van der Waals surface area contributed by atoms with Crippen molar-refractivity contribution in [1.82, 2.24) is 5.06 Å². The smallest absolute Gasteiger partial charge is 0.233 e. The van der Waals surface area contributed by atoms with Crippen LogP contribution < -0.4 is 0 Å². The van der Waals surface area contributed by atoms with Crippen LogP contribution >= 0.6 is 21.5 Å². The molecule has 0 aromatic rings. The Balaban J connectivity index is 0.000000711. The molecule has 0 aliphatic carbocycles. The first kappa shape index (κ1) is 19.1. The number of hydrogen-bond acceptors (Lipinski definition) is 6. The van der Waals surface area contributed by atoms with Gasteiger partial charge in [0.25, 0.3) is 0 Å². The topological polar surface area (TPSA) is 57.2 Å². The van der Waals surface area contributed by atoms with Gasteiger partial charge in [0.1, 0.15) is 0 Å². The lowest BCUT2D eigenvalue weighted by molar-refractivity contribution is -0.241. The Morgan fingerprint density at radius 2 is 2.21 bits per heavy atom. The summed E-state index contributed by atoms with van der Waals surface area (Å²) in [6, 6.07) is 0. The summed E-state index contributed by atoms with van der Waals surface area (Å²) >= 11 is 1.34. The lowest BCUT2D eigenvalue weighted by Gasteiger charge is -2.21. The van der Waals surface area contributed by atoms with E-state index in [0.717, 1.165) is 31.6 Å². The molecule has 1 rings (SSSR count). The molecule has 1 aliphatic heterocycles. The number of nitrogens with zero attached hydrogens (tertiary/aromatic N) is 1. The Labute approximate surface area is 121 Å². The molecular formula is C11H24NO5PS. The maximum absolute atomic E-state index is 10.5. The molecule has 0 saturated carbocycles. The summed E-state index contributed by atoms with van der Waals surface area (Å²) in [5, 5.41) is 1.32. The van der Waals surface area contributed by atoms with Gasteiger partial charge in [-0.25, -0.2) is 9.95 Å². The van der Waals surface area contributed by atoms with Crippen molar-refractivity contribution >= 4 is 27.9 Å². The molecular weight excluding hydrogens is 289 g/mol. The van der Waals surface area contributed by atoms with E-state index in [2.05, 4.69) is 14.0 Å². The molecule has 0 spiro atoms. The molecule has 1 saturated heterocycles. The lowest BCUT2D eigenvalue weighted by atomic mass is 10.1. The average Bonchev–Trinajstić information content (AvgIpc) is 2.47. The van der Waals surface area contributed by atoms with Gasteiger partial charge in [-0.1, -0.05) is 0 Å². The van der Waals surface area contributed by atoms with Crippen molar-refractivity contribution in [1.29, 1.82) is 0 Å². The average molecular weight is 313 g/mol. The Hall–Kier alpha value is 0.0900. The lowest BCUT2D eigenvalue weighted by Crippen LogP contribution is -2.25. The second-order valence-corrected chi connectivity index (χ2v) is 4.77. The molecule has 6 nitrogen and oxygen atoms in total. The molecule has 1 heterocycles. The van der Waals surface area contributed by atoms with Gasteiger partial charge in [-0.05, 0) is 33.1 Å². The highest BCUT2D eigenvalue weighted by Gasteiger charge is 2.16. The van der Waals surface area contributed by atoms with Crippen LogP contribution in [0.15, 0.2) is 0 Å². The zero-order valence-electron chi connectivity index (χ0n) is 11.6. The summed E-state index contributed by atoms with van der Waals surface area (Å²) in [6.07, 6.45) is 3.61. The summed E-state index contributed by atoms with van der Waals surface area (Å²) < 4.78 is 9.27. The van der Waals surface area contributed by atoms with Crippen molar-refractivity contribution < 1.29 is 23.4 Å². The van der Waals surface area contributed by atoms with Crippen LogP contribution in [0.3, 0.4) is 0 Å². The molecule has 0 aromatic carbocycles. The van der Waals surface area contributed by atoms with E-state index in [0.29, 0.717) is 19.6 Å². The number of hydroxylamine groups is 2. The largest absolute Gasteiger partial charge is 0.366 e. The summed E-state index contributed by atoms with van der Waals surface area (Å²) in [6.45, 7) is 5.69. The molecule has 2 unspecified atom stereocenters. The van der Waals surface area contributed by atoms with Crippen LogP contribution in [-0.2, 0) is 23.4 Å². The molecule has 2 atom stereocenters. The van der Waals surface area contributed by atoms with Crippen LogP contribution in [0.4, 0.5) is 0 Å². The first-order chi connectivity index (χ1) is 9.28. The van der Waals surface area contributed by atoms with Crippen LogP contribution in [0.2, 0.25) is 0 Å². The molecule has 1 amide bonds. The van der Waals surface area contributed by atoms with E-state index in [4.69, 9.17) is 14.1 Å². The number of carbonyl (C=O) groups is 1.